The van der Waals surface area contributed by atoms with E-state index in [4.69, 9.17) is 15.2 Å². The number of aromatic nitrogens is 5. The Morgan fingerprint density at radius 1 is 1.14 bits per heavy atom. The number of anilines is 2. The standard InChI is InChI=1S/C19H24N8O2/c1-2-29-18-16-17(25-19(20)26-18)23-12-14(24-16)13-3-4-15(22-11-13)21-5-6-27-7-9-28-10-8-27/h3-4,11-12H,2,5-10H2,1H3,(H,21,22)(H2,20,23,25,26). The Hall–Kier alpha value is -3.11. The average molecular weight is 396 g/mol. The molecule has 4 rings (SSSR count). The molecule has 10 heteroatoms. The highest BCUT2D eigenvalue weighted by molar-refractivity contribution is 5.79. The van der Waals surface area contributed by atoms with Crippen LogP contribution in [-0.2, 0) is 4.74 Å². The number of hydrogen-bond acceptors (Lipinski definition) is 10. The van der Waals surface area contributed by atoms with Crippen molar-refractivity contribution in [2.45, 2.75) is 6.92 Å². The molecule has 0 spiro atoms. The van der Waals surface area contributed by atoms with Gasteiger partial charge in [0.1, 0.15) is 5.82 Å². The van der Waals surface area contributed by atoms with Gasteiger partial charge >= 0.3 is 0 Å². The molecule has 1 aliphatic heterocycles. The molecule has 1 saturated heterocycles. The van der Waals surface area contributed by atoms with Crippen LogP contribution in [0.15, 0.2) is 24.5 Å². The minimum atomic E-state index is 0.108. The molecule has 0 bridgehead atoms. The molecule has 3 aromatic heterocycles. The minimum Gasteiger partial charge on any atom is -0.476 e. The Morgan fingerprint density at radius 2 is 2.00 bits per heavy atom. The van der Waals surface area contributed by atoms with Crippen molar-refractivity contribution in [2.24, 2.45) is 0 Å². The van der Waals surface area contributed by atoms with Crippen LogP contribution < -0.4 is 15.8 Å². The van der Waals surface area contributed by atoms with Crippen molar-refractivity contribution in [1.29, 1.82) is 0 Å². The van der Waals surface area contributed by atoms with E-state index in [1.807, 2.05) is 19.1 Å². The fourth-order valence-corrected chi connectivity index (χ4v) is 3.09. The van der Waals surface area contributed by atoms with Crippen molar-refractivity contribution in [2.75, 3.05) is 57.1 Å². The molecule has 1 aliphatic rings. The van der Waals surface area contributed by atoms with E-state index in [1.54, 1.807) is 12.4 Å². The van der Waals surface area contributed by atoms with Crippen LogP contribution in [0.3, 0.4) is 0 Å². The van der Waals surface area contributed by atoms with Crippen LogP contribution in [0.5, 0.6) is 5.88 Å². The van der Waals surface area contributed by atoms with Crippen molar-refractivity contribution < 1.29 is 9.47 Å². The summed E-state index contributed by atoms with van der Waals surface area (Å²) in [4.78, 5) is 24.1. The lowest BCUT2D eigenvalue weighted by atomic mass is 10.2. The number of nitrogen functional groups attached to an aromatic ring is 1. The molecule has 0 atom stereocenters. The van der Waals surface area contributed by atoms with E-state index in [-0.39, 0.29) is 5.95 Å². The van der Waals surface area contributed by atoms with Gasteiger partial charge in [-0.2, -0.15) is 9.97 Å². The summed E-state index contributed by atoms with van der Waals surface area (Å²) in [5, 5.41) is 3.35. The number of morpholine rings is 1. The first-order valence-electron chi connectivity index (χ1n) is 9.66. The van der Waals surface area contributed by atoms with E-state index in [0.29, 0.717) is 29.3 Å². The van der Waals surface area contributed by atoms with Gasteiger partial charge in [0.25, 0.3) is 0 Å². The maximum Gasteiger partial charge on any atom is 0.247 e. The van der Waals surface area contributed by atoms with Crippen molar-refractivity contribution in [3.63, 3.8) is 0 Å². The topological polar surface area (TPSA) is 124 Å². The molecule has 152 valence electrons. The summed E-state index contributed by atoms with van der Waals surface area (Å²) in [5.41, 5.74) is 8.10. The highest BCUT2D eigenvalue weighted by Gasteiger charge is 2.13. The van der Waals surface area contributed by atoms with E-state index >= 15 is 0 Å². The number of nitrogens with zero attached hydrogens (tertiary/aromatic N) is 6. The largest absolute Gasteiger partial charge is 0.476 e. The Bertz CT molecular complexity index is 960. The van der Waals surface area contributed by atoms with Crippen LogP contribution >= 0.6 is 0 Å². The van der Waals surface area contributed by atoms with Gasteiger partial charge in [-0.3, -0.25) is 4.90 Å². The zero-order chi connectivity index (χ0) is 20.1. The van der Waals surface area contributed by atoms with Gasteiger partial charge in [0.2, 0.25) is 11.8 Å². The van der Waals surface area contributed by atoms with Gasteiger partial charge in [-0.25, -0.2) is 15.0 Å². The summed E-state index contributed by atoms with van der Waals surface area (Å²) in [6.07, 6.45) is 3.42. The maximum absolute atomic E-state index is 5.71. The van der Waals surface area contributed by atoms with Gasteiger partial charge in [-0.1, -0.05) is 0 Å². The Morgan fingerprint density at radius 3 is 2.76 bits per heavy atom. The molecule has 29 heavy (non-hydrogen) atoms. The molecule has 0 radical (unpaired) electrons. The fraction of sp³-hybridized carbons (Fsp3) is 0.421. The molecule has 0 aromatic carbocycles. The van der Waals surface area contributed by atoms with E-state index in [2.05, 4.69) is 35.1 Å². The Kier molecular flexibility index (Phi) is 5.92. The molecule has 0 saturated carbocycles. The zero-order valence-electron chi connectivity index (χ0n) is 16.3. The number of nitrogens with one attached hydrogen (secondary N) is 1. The molecule has 0 unspecified atom stereocenters. The van der Waals surface area contributed by atoms with Crippen molar-refractivity contribution in [3.05, 3.63) is 24.5 Å². The summed E-state index contributed by atoms with van der Waals surface area (Å²) in [5.74, 6) is 1.26. The lowest BCUT2D eigenvalue weighted by Gasteiger charge is -2.26. The lowest BCUT2D eigenvalue weighted by Crippen LogP contribution is -2.39. The number of rotatable bonds is 7. The second kappa shape index (κ2) is 8.93. The van der Waals surface area contributed by atoms with Gasteiger partial charge in [0, 0.05) is 37.9 Å². The third-order valence-corrected chi connectivity index (χ3v) is 4.57. The van der Waals surface area contributed by atoms with E-state index < -0.39 is 0 Å². The van der Waals surface area contributed by atoms with Crippen LogP contribution in [0, 0.1) is 0 Å². The van der Waals surface area contributed by atoms with Crippen molar-refractivity contribution >= 4 is 22.9 Å². The lowest BCUT2D eigenvalue weighted by molar-refractivity contribution is 0.0398. The molecule has 3 N–H and O–H groups in total. The SMILES string of the molecule is CCOc1nc(N)nc2ncc(-c3ccc(NCCN4CCOCC4)nc3)nc12. The van der Waals surface area contributed by atoms with Crippen LogP contribution in [0.4, 0.5) is 11.8 Å². The van der Waals surface area contributed by atoms with Crippen molar-refractivity contribution in [1.82, 2.24) is 29.8 Å². The zero-order valence-corrected chi connectivity index (χ0v) is 16.3. The maximum atomic E-state index is 5.71. The first kappa shape index (κ1) is 19.2. The van der Waals surface area contributed by atoms with Gasteiger partial charge in [-0.15, -0.1) is 0 Å². The summed E-state index contributed by atoms with van der Waals surface area (Å²) in [7, 11) is 0. The third-order valence-electron chi connectivity index (χ3n) is 4.57. The van der Waals surface area contributed by atoms with E-state index in [1.165, 1.54) is 0 Å². The third kappa shape index (κ3) is 4.66. The number of hydrogen-bond donors (Lipinski definition) is 2. The first-order valence-corrected chi connectivity index (χ1v) is 9.66. The second-order valence-corrected chi connectivity index (χ2v) is 6.56. The van der Waals surface area contributed by atoms with Gasteiger partial charge in [-0.05, 0) is 19.1 Å². The first-order chi connectivity index (χ1) is 14.2. The number of fused-ring (bicyclic) bond motifs is 1. The molecule has 0 amide bonds. The number of nitrogens with two attached hydrogens (primary N) is 1. The van der Waals surface area contributed by atoms with Gasteiger partial charge in [0.05, 0.1) is 31.7 Å². The normalized spacial score (nSPS) is 14.8. The number of ether oxygens (including phenoxy) is 2. The highest BCUT2D eigenvalue weighted by atomic mass is 16.5. The smallest absolute Gasteiger partial charge is 0.247 e. The molecular weight excluding hydrogens is 372 g/mol. The summed E-state index contributed by atoms with van der Waals surface area (Å²) >= 11 is 0. The quantitative estimate of drug-likeness (QED) is 0.602. The average Bonchev–Trinajstić information content (AvgIpc) is 2.75. The Balaban J connectivity index is 1.46. The molecule has 1 fully saturated rings. The van der Waals surface area contributed by atoms with Crippen LogP contribution in [0.1, 0.15) is 6.92 Å². The molecular formula is C19H24N8O2. The predicted molar refractivity (Wildman–Crippen MR) is 110 cm³/mol. The number of pyridine rings is 1. The van der Waals surface area contributed by atoms with Crippen LogP contribution in [-0.4, -0.2) is 75.8 Å². The second-order valence-electron chi connectivity index (χ2n) is 6.56. The van der Waals surface area contributed by atoms with Crippen LogP contribution in [0.25, 0.3) is 22.4 Å². The predicted octanol–water partition coefficient (Wildman–Crippen LogP) is 1.21. The van der Waals surface area contributed by atoms with Gasteiger partial charge < -0.3 is 20.5 Å². The van der Waals surface area contributed by atoms with Gasteiger partial charge in [0.15, 0.2) is 11.2 Å². The molecule has 3 aromatic rings. The summed E-state index contributed by atoms with van der Waals surface area (Å²) < 4.78 is 10.9. The van der Waals surface area contributed by atoms with E-state index in [0.717, 1.165) is 50.8 Å². The molecule has 10 nitrogen and oxygen atoms in total. The van der Waals surface area contributed by atoms with Crippen LogP contribution in [0.2, 0.25) is 0 Å². The highest BCUT2D eigenvalue weighted by Crippen LogP contribution is 2.24. The Labute approximate surface area is 168 Å². The minimum absolute atomic E-state index is 0.108. The summed E-state index contributed by atoms with van der Waals surface area (Å²) in [6.45, 7) is 7.69. The molecule has 0 aliphatic carbocycles. The monoisotopic (exact) mass is 396 g/mol. The van der Waals surface area contributed by atoms with Crippen molar-refractivity contribution in [3.8, 4) is 17.1 Å². The van der Waals surface area contributed by atoms with E-state index in [9.17, 15) is 0 Å². The summed E-state index contributed by atoms with van der Waals surface area (Å²) in [6, 6.07) is 3.89. The fourth-order valence-electron chi connectivity index (χ4n) is 3.09. The molecule has 4 heterocycles.